The minimum atomic E-state index is 0.0743. The number of fused-ring (bicyclic) bond motifs is 1. The van der Waals surface area contributed by atoms with Crippen LogP contribution < -0.4 is 4.90 Å². The number of carbonyl (C=O) groups is 1. The van der Waals surface area contributed by atoms with E-state index in [0.29, 0.717) is 5.69 Å². The fourth-order valence-electron chi connectivity index (χ4n) is 3.67. The van der Waals surface area contributed by atoms with Crippen molar-refractivity contribution in [1.29, 1.82) is 0 Å². The number of benzene rings is 1. The van der Waals surface area contributed by atoms with E-state index in [9.17, 15) is 4.79 Å². The Bertz CT molecular complexity index is 720. The summed E-state index contributed by atoms with van der Waals surface area (Å²) in [5.74, 6) is 0.0743. The minimum absolute atomic E-state index is 0.0743. The Labute approximate surface area is 143 Å². The number of nitrogens with zero attached hydrogens (tertiary/aromatic N) is 3. The van der Waals surface area contributed by atoms with E-state index in [1.165, 1.54) is 17.5 Å². The van der Waals surface area contributed by atoms with Gasteiger partial charge < -0.3 is 9.80 Å². The predicted octanol–water partition coefficient (Wildman–Crippen LogP) is 3.27. The summed E-state index contributed by atoms with van der Waals surface area (Å²) >= 11 is 0. The van der Waals surface area contributed by atoms with Crippen LogP contribution in [0.25, 0.3) is 0 Å². The first kappa shape index (κ1) is 15.2. The van der Waals surface area contributed by atoms with E-state index in [4.69, 9.17) is 0 Å². The Morgan fingerprint density at radius 1 is 0.917 bits per heavy atom. The molecule has 4 heteroatoms. The number of aromatic nitrogens is 1. The van der Waals surface area contributed by atoms with Crippen molar-refractivity contribution in [3.8, 4) is 0 Å². The third-order valence-corrected chi connectivity index (χ3v) is 5.11. The highest BCUT2D eigenvalue weighted by Crippen LogP contribution is 2.24. The molecule has 24 heavy (non-hydrogen) atoms. The van der Waals surface area contributed by atoms with Crippen LogP contribution in [0.15, 0.2) is 42.6 Å². The maximum atomic E-state index is 12.5. The van der Waals surface area contributed by atoms with Gasteiger partial charge in [0.1, 0.15) is 5.69 Å². The third-order valence-electron chi connectivity index (χ3n) is 5.11. The van der Waals surface area contributed by atoms with Gasteiger partial charge in [-0.2, -0.15) is 0 Å². The smallest absolute Gasteiger partial charge is 0.272 e. The third kappa shape index (κ3) is 3.01. The lowest BCUT2D eigenvalue weighted by Gasteiger charge is -2.30. The molecule has 3 heterocycles. The highest BCUT2D eigenvalue weighted by Gasteiger charge is 2.20. The zero-order valence-electron chi connectivity index (χ0n) is 13.9. The average Bonchev–Trinajstić information content (AvgIpc) is 2.68. The largest absolute Gasteiger partial charge is 0.366 e. The van der Waals surface area contributed by atoms with Crippen LogP contribution in [-0.4, -0.2) is 35.4 Å². The molecule has 1 amide bonds. The molecule has 0 spiro atoms. The zero-order chi connectivity index (χ0) is 16.4. The van der Waals surface area contributed by atoms with Crippen molar-refractivity contribution in [3.63, 3.8) is 0 Å². The summed E-state index contributed by atoms with van der Waals surface area (Å²) in [4.78, 5) is 21.2. The normalized spacial score (nSPS) is 17.5. The van der Waals surface area contributed by atoms with Crippen molar-refractivity contribution < 1.29 is 4.79 Å². The van der Waals surface area contributed by atoms with Gasteiger partial charge >= 0.3 is 0 Å². The molecule has 0 bridgehead atoms. The Kier molecular flexibility index (Phi) is 4.20. The van der Waals surface area contributed by atoms with E-state index in [1.807, 2.05) is 23.2 Å². The Morgan fingerprint density at radius 2 is 1.71 bits per heavy atom. The van der Waals surface area contributed by atoms with Crippen molar-refractivity contribution in [3.05, 3.63) is 59.4 Å². The van der Waals surface area contributed by atoms with Gasteiger partial charge in [-0.05, 0) is 48.9 Å². The lowest BCUT2D eigenvalue weighted by atomic mass is 10.00. The second-order valence-corrected chi connectivity index (χ2v) is 6.69. The lowest BCUT2D eigenvalue weighted by molar-refractivity contribution is 0.0718. The van der Waals surface area contributed by atoms with Crippen LogP contribution in [0, 0.1) is 0 Å². The fraction of sp³-hybridized carbons (Fsp3) is 0.400. The summed E-state index contributed by atoms with van der Waals surface area (Å²) in [6.45, 7) is 3.64. The summed E-state index contributed by atoms with van der Waals surface area (Å²) in [7, 11) is 0. The number of hydrogen-bond donors (Lipinski definition) is 0. The van der Waals surface area contributed by atoms with E-state index in [1.54, 1.807) is 0 Å². The SMILES string of the molecule is O=C(c1ccc(N2CCc3ccccc3C2)cn1)N1CCCCC1. The Morgan fingerprint density at radius 3 is 2.46 bits per heavy atom. The maximum absolute atomic E-state index is 12.5. The van der Waals surface area contributed by atoms with Gasteiger partial charge in [0.15, 0.2) is 0 Å². The standard InChI is InChI=1S/C20H23N3O/c24-20(22-11-4-1-5-12-22)19-9-8-18(14-21-19)23-13-10-16-6-2-3-7-17(16)15-23/h2-3,6-9,14H,1,4-5,10-13,15H2. The van der Waals surface area contributed by atoms with Crippen LogP contribution >= 0.6 is 0 Å². The van der Waals surface area contributed by atoms with Gasteiger partial charge in [-0.1, -0.05) is 24.3 Å². The molecular formula is C20H23N3O. The van der Waals surface area contributed by atoms with Gasteiger partial charge in [-0.3, -0.25) is 4.79 Å². The molecule has 0 saturated carbocycles. The molecule has 124 valence electrons. The van der Waals surface area contributed by atoms with E-state index in [-0.39, 0.29) is 5.91 Å². The van der Waals surface area contributed by atoms with Crippen molar-refractivity contribution in [1.82, 2.24) is 9.88 Å². The van der Waals surface area contributed by atoms with Gasteiger partial charge in [-0.25, -0.2) is 4.98 Å². The Balaban J connectivity index is 1.47. The number of pyridine rings is 1. The summed E-state index contributed by atoms with van der Waals surface area (Å²) in [6.07, 6.45) is 6.36. The van der Waals surface area contributed by atoms with Gasteiger partial charge in [0.05, 0.1) is 11.9 Å². The first-order valence-electron chi connectivity index (χ1n) is 8.88. The zero-order valence-corrected chi connectivity index (χ0v) is 13.9. The highest BCUT2D eigenvalue weighted by atomic mass is 16.2. The molecular weight excluding hydrogens is 298 g/mol. The molecule has 2 aliphatic rings. The first-order chi connectivity index (χ1) is 11.8. The van der Waals surface area contributed by atoms with Crippen LogP contribution in [0.4, 0.5) is 5.69 Å². The van der Waals surface area contributed by atoms with Crippen molar-refractivity contribution in [2.24, 2.45) is 0 Å². The number of rotatable bonds is 2. The molecule has 1 saturated heterocycles. The topological polar surface area (TPSA) is 36.4 Å². The van der Waals surface area contributed by atoms with Gasteiger partial charge in [0, 0.05) is 26.2 Å². The van der Waals surface area contributed by atoms with Crippen molar-refractivity contribution in [2.75, 3.05) is 24.5 Å². The Hall–Kier alpha value is -2.36. The summed E-state index contributed by atoms with van der Waals surface area (Å²) in [6, 6.07) is 12.5. The lowest BCUT2D eigenvalue weighted by Crippen LogP contribution is -2.36. The van der Waals surface area contributed by atoms with Gasteiger partial charge in [0.25, 0.3) is 5.91 Å². The molecule has 0 aliphatic carbocycles. The molecule has 4 rings (SSSR count). The van der Waals surface area contributed by atoms with Crippen LogP contribution in [0.2, 0.25) is 0 Å². The molecule has 0 atom stereocenters. The first-order valence-corrected chi connectivity index (χ1v) is 8.88. The van der Waals surface area contributed by atoms with Crippen molar-refractivity contribution >= 4 is 11.6 Å². The molecule has 2 aromatic rings. The van der Waals surface area contributed by atoms with E-state index >= 15 is 0 Å². The van der Waals surface area contributed by atoms with E-state index in [0.717, 1.165) is 51.1 Å². The molecule has 2 aliphatic heterocycles. The fourth-order valence-corrected chi connectivity index (χ4v) is 3.67. The molecule has 4 nitrogen and oxygen atoms in total. The highest BCUT2D eigenvalue weighted by molar-refractivity contribution is 5.92. The number of likely N-dealkylation sites (tertiary alicyclic amines) is 1. The van der Waals surface area contributed by atoms with Crippen LogP contribution in [0.5, 0.6) is 0 Å². The second-order valence-electron chi connectivity index (χ2n) is 6.69. The molecule has 1 aromatic heterocycles. The van der Waals surface area contributed by atoms with E-state index in [2.05, 4.69) is 34.1 Å². The van der Waals surface area contributed by atoms with Gasteiger partial charge in [0.2, 0.25) is 0 Å². The maximum Gasteiger partial charge on any atom is 0.272 e. The quantitative estimate of drug-likeness (QED) is 0.852. The molecule has 1 fully saturated rings. The van der Waals surface area contributed by atoms with E-state index < -0.39 is 0 Å². The number of piperidine rings is 1. The van der Waals surface area contributed by atoms with Crippen molar-refractivity contribution in [2.45, 2.75) is 32.2 Å². The summed E-state index contributed by atoms with van der Waals surface area (Å²) in [5.41, 5.74) is 4.49. The summed E-state index contributed by atoms with van der Waals surface area (Å²) in [5, 5.41) is 0. The summed E-state index contributed by atoms with van der Waals surface area (Å²) < 4.78 is 0. The van der Waals surface area contributed by atoms with Crippen LogP contribution in [0.3, 0.4) is 0 Å². The number of amides is 1. The molecule has 0 unspecified atom stereocenters. The number of carbonyl (C=O) groups excluding carboxylic acids is 1. The predicted molar refractivity (Wildman–Crippen MR) is 95.2 cm³/mol. The van der Waals surface area contributed by atoms with Crippen LogP contribution in [0.1, 0.15) is 40.9 Å². The van der Waals surface area contributed by atoms with Gasteiger partial charge in [-0.15, -0.1) is 0 Å². The average molecular weight is 321 g/mol. The molecule has 0 N–H and O–H groups in total. The minimum Gasteiger partial charge on any atom is -0.366 e. The van der Waals surface area contributed by atoms with Crippen LogP contribution in [-0.2, 0) is 13.0 Å². The monoisotopic (exact) mass is 321 g/mol. The number of anilines is 1. The second kappa shape index (κ2) is 6.63. The number of hydrogen-bond acceptors (Lipinski definition) is 3. The molecule has 0 radical (unpaired) electrons. The molecule has 1 aromatic carbocycles.